The molecule has 1 saturated heterocycles. The summed E-state index contributed by atoms with van der Waals surface area (Å²) in [7, 11) is 0. The van der Waals surface area contributed by atoms with Crippen LogP contribution in [0.4, 0.5) is 11.6 Å². The molecule has 2 aliphatic rings. The second-order valence-electron chi connectivity index (χ2n) is 5.74. The number of hydrogen-bond acceptors (Lipinski definition) is 5. The van der Waals surface area contributed by atoms with E-state index in [0.717, 1.165) is 30.6 Å². The molecule has 0 bridgehead atoms. The van der Waals surface area contributed by atoms with Gasteiger partial charge in [0, 0.05) is 25.1 Å². The normalized spacial score (nSPS) is 23.7. The Balaban J connectivity index is 1.57. The number of aromatic nitrogens is 2. The maximum atomic E-state index is 5.85. The number of anilines is 2. The molecule has 2 fully saturated rings. The zero-order chi connectivity index (χ0) is 13.2. The number of likely N-dealkylation sites (tertiary alicyclic amines) is 1. The molecule has 1 aliphatic carbocycles. The van der Waals surface area contributed by atoms with Crippen molar-refractivity contribution in [3.63, 3.8) is 0 Å². The molecule has 0 aromatic carbocycles. The van der Waals surface area contributed by atoms with Gasteiger partial charge in [0.05, 0.1) is 0 Å². The molecule has 5 heteroatoms. The maximum absolute atomic E-state index is 5.85. The lowest BCUT2D eigenvalue weighted by Gasteiger charge is -2.14. The highest BCUT2D eigenvalue weighted by Gasteiger charge is 2.27. The summed E-state index contributed by atoms with van der Waals surface area (Å²) in [5.74, 6) is 3.67. The first-order chi connectivity index (χ1) is 9.24. The van der Waals surface area contributed by atoms with Crippen LogP contribution < -0.4 is 11.1 Å². The fraction of sp³-hybridized carbons (Fsp3) is 0.714. The average molecular weight is 261 g/mol. The number of nitrogens with two attached hydrogens (primary N) is 1. The summed E-state index contributed by atoms with van der Waals surface area (Å²) in [6.07, 6.45) is 3.69. The molecule has 19 heavy (non-hydrogen) atoms. The van der Waals surface area contributed by atoms with Crippen molar-refractivity contribution >= 4 is 11.6 Å². The van der Waals surface area contributed by atoms with Gasteiger partial charge in [-0.3, -0.25) is 0 Å². The molecule has 2 heterocycles. The van der Waals surface area contributed by atoms with Crippen molar-refractivity contribution in [3.05, 3.63) is 11.9 Å². The minimum atomic E-state index is 0.547. The van der Waals surface area contributed by atoms with E-state index < -0.39 is 0 Å². The van der Waals surface area contributed by atoms with Gasteiger partial charge in [0.25, 0.3) is 0 Å². The Morgan fingerprint density at radius 3 is 2.89 bits per heavy atom. The third-order valence-electron chi connectivity index (χ3n) is 4.09. The predicted octanol–water partition coefficient (Wildman–Crippen LogP) is 1.69. The molecule has 1 unspecified atom stereocenters. The summed E-state index contributed by atoms with van der Waals surface area (Å²) < 4.78 is 0. The lowest BCUT2D eigenvalue weighted by molar-refractivity contribution is 0.345. The zero-order valence-electron chi connectivity index (χ0n) is 11.6. The Hall–Kier alpha value is -1.36. The van der Waals surface area contributed by atoms with Crippen molar-refractivity contribution in [2.45, 2.75) is 32.1 Å². The van der Waals surface area contributed by atoms with Gasteiger partial charge >= 0.3 is 0 Å². The lowest BCUT2D eigenvalue weighted by Crippen LogP contribution is -2.22. The molecule has 5 nitrogen and oxygen atoms in total. The van der Waals surface area contributed by atoms with E-state index in [2.05, 4.69) is 27.1 Å². The number of nitrogens with zero attached hydrogens (tertiary/aromatic N) is 3. The van der Waals surface area contributed by atoms with Gasteiger partial charge in [0.1, 0.15) is 17.5 Å². The van der Waals surface area contributed by atoms with Gasteiger partial charge in [0.15, 0.2) is 0 Å². The quantitative estimate of drug-likeness (QED) is 0.844. The SMILES string of the molecule is CCN1CCC(CNc2cc(N)nc(C3CC3)n2)C1. The molecule has 0 spiro atoms. The number of rotatable bonds is 5. The molecule has 1 atom stereocenters. The minimum absolute atomic E-state index is 0.547. The molecular weight excluding hydrogens is 238 g/mol. The van der Waals surface area contributed by atoms with Gasteiger partial charge in [0.2, 0.25) is 0 Å². The highest BCUT2D eigenvalue weighted by atomic mass is 15.1. The Kier molecular flexibility index (Phi) is 3.55. The van der Waals surface area contributed by atoms with E-state index in [1.54, 1.807) is 0 Å². The van der Waals surface area contributed by atoms with Gasteiger partial charge < -0.3 is 16.0 Å². The van der Waals surface area contributed by atoms with Gasteiger partial charge in [-0.25, -0.2) is 9.97 Å². The Morgan fingerprint density at radius 2 is 2.21 bits per heavy atom. The first-order valence-corrected chi connectivity index (χ1v) is 7.35. The van der Waals surface area contributed by atoms with Crippen LogP contribution in [0.3, 0.4) is 0 Å². The molecule has 3 N–H and O–H groups in total. The molecule has 1 aromatic heterocycles. The second kappa shape index (κ2) is 5.33. The largest absolute Gasteiger partial charge is 0.384 e. The van der Waals surface area contributed by atoms with Crippen LogP contribution in [0.1, 0.15) is 37.9 Å². The number of nitrogen functional groups attached to an aromatic ring is 1. The van der Waals surface area contributed by atoms with Gasteiger partial charge in [-0.1, -0.05) is 6.92 Å². The zero-order valence-corrected chi connectivity index (χ0v) is 11.6. The smallest absolute Gasteiger partial charge is 0.136 e. The van der Waals surface area contributed by atoms with Crippen LogP contribution in [-0.2, 0) is 0 Å². The lowest BCUT2D eigenvalue weighted by atomic mass is 10.1. The molecule has 1 saturated carbocycles. The number of nitrogens with one attached hydrogen (secondary N) is 1. The molecule has 3 rings (SSSR count). The fourth-order valence-electron chi connectivity index (χ4n) is 2.72. The standard InChI is InChI=1S/C14H23N5/c1-2-19-6-5-10(9-19)8-16-13-7-12(15)17-14(18-13)11-3-4-11/h7,10-11H,2-6,8-9H2,1H3,(H3,15,16,17,18). The van der Waals surface area contributed by atoms with E-state index in [-0.39, 0.29) is 0 Å². The summed E-state index contributed by atoms with van der Waals surface area (Å²) in [4.78, 5) is 11.4. The van der Waals surface area contributed by atoms with Crippen molar-refractivity contribution in [2.75, 3.05) is 37.2 Å². The van der Waals surface area contributed by atoms with Crippen LogP contribution in [0, 0.1) is 5.92 Å². The van der Waals surface area contributed by atoms with Crippen LogP contribution in [0.25, 0.3) is 0 Å². The fourth-order valence-corrected chi connectivity index (χ4v) is 2.72. The summed E-state index contributed by atoms with van der Waals surface area (Å²) in [5.41, 5.74) is 5.85. The van der Waals surface area contributed by atoms with E-state index in [1.807, 2.05) is 6.07 Å². The Bertz CT molecular complexity index is 443. The molecule has 0 radical (unpaired) electrons. The van der Waals surface area contributed by atoms with E-state index in [1.165, 1.54) is 32.4 Å². The molecule has 104 valence electrons. The Labute approximate surface area is 114 Å². The molecule has 0 amide bonds. The van der Waals surface area contributed by atoms with E-state index >= 15 is 0 Å². The summed E-state index contributed by atoms with van der Waals surface area (Å²) in [6.45, 7) is 6.78. The monoisotopic (exact) mass is 261 g/mol. The molecular formula is C14H23N5. The van der Waals surface area contributed by atoms with E-state index in [9.17, 15) is 0 Å². The van der Waals surface area contributed by atoms with Crippen LogP contribution in [0.5, 0.6) is 0 Å². The van der Waals surface area contributed by atoms with Crippen molar-refractivity contribution < 1.29 is 0 Å². The van der Waals surface area contributed by atoms with Crippen LogP contribution >= 0.6 is 0 Å². The second-order valence-corrected chi connectivity index (χ2v) is 5.74. The topological polar surface area (TPSA) is 67.1 Å². The van der Waals surface area contributed by atoms with Crippen molar-refractivity contribution in [2.24, 2.45) is 5.92 Å². The molecule has 1 aliphatic heterocycles. The van der Waals surface area contributed by atoms with Crippen LogP contribution in [0.15, 0.2) is 6.07 Å². The molecule has 1 aromatic rings. The Morgan fingerprint density at radius 1 is 1.37 bits per heavy atom. The van der Waals surface area contributed by atoms with Crippen molar-refractivity contribution in [3.8, 4) is 0 Å². The van der Waals surface area contributed by atoms with Crippen molar-refractivity contribution in [1.82, 2.24) is 14.9 Å². The van der Waals surface area contributed by atoms with Crippen molar-refractivity contribution in [1.29, 1.82) is 0 Å². The highest BCUT2D eigenvalue weighted by molar-refractivity contribution is 5.45. The third-order valence-corrected chi connectivity index (χ3v) is 4.09. The summed E-state index contributed by atoms with van der Waals surface area (Å²) in [5, 5.41) is 3.44. The first-order valence-electron chi connectivity index (χ1n) is 7.35. The minimum Gasteiger partial charge on any atom is -0.384 e. The predicted molar refractivity (Wildman–Crippen MR) is 77.1 cm³/mol. The average Bonchev–Trinajstić information content (AvgIpc) is 3.15. The van der Waals surface area contributed by atoms with Gasteiger partial charge in [-0.2, -0.15) is 0 Å². The maximum Gasteiger partial charge on any atom is 0.136 e. The van der Waals surface area contributed by atoms with E-state index in [4.69, 9.17) is 5.73 Å². The third kappa shape index (κ3) is 3.15. The first kappa shape index (κ1) is 12.7. The summed E-state index contributed by atoms with van der Waals surface area (Å²) >= 11 is 0. The highest BCUT2D eigenvalue weighted by Crippen LogP contribution is 2.38. The van der Waals surface area contributed by atoms with Crippen LogP contribution in [0.2, 0.25) is 0 Å². The number of hydrogen-bond donors (Lipinski definition) is 2. The van der Waals surface area contributed by atoms with Gasteiger partial charge in [-0.15, -0.1) is 0 Å². The van der Waals surface area contributed by atoms with Crippen LogP contribution in [-0.4, -0.2) is 41.0 Å². The van der Waals surface area contributed by atoms with Gasteiger partial charge in [-0.05, 0) is 38.3 Å². The van der Waals surface area contributed by atoms with E-state index in [0.29, 0.717) is 11.7 Å². The summed E-state index contributed by atoms with van der Waals surface area (Å²) in [6, 6.07) is 1.85.